The van der Waals surface area contributed by atoms with Gasteiger partial charge in [0.15, 0.2) is 18.9 Å². The second-order valence-electron chi connectivity index (χ2n) is 8.33. The SMILES string of the molecule is OC[C@H]1O[C@@H](O[C@H]2[C@H](O[C@H]3[C@H](O)[C@@H](O)C(O)O[C@@H]3CO)O[C@H](CO)[C@@H](O)[C@@H]2O)[C@H](O)[C@@H](O)[C@@H]1O. The van der Waals surface area contributed by atoms with Gasteiger partial charge in [0.2, 0.25) is 0 Å². The summed E-state index contributed by atoms with van der Waals surface area (Å²) in [5.41, 5.74) is 0. The first-order chi connectivity index (χ1) is 16.0. The van der Waals surface area contributed by atoms with E-state index in [-0.39, 0.29) is 0 Å². The summed E-state index contributed by atoms with van der Waals surface area (Å²) in [6, 6.07) is 0. The number of hydrogen-bond donors (Lipinski definition) is 11. The van der Waals surface area contributed by atoms with Crippen LogP contribution in [0, 0.1) is 0 Å². The van der Waals surface area contributed by atoms with Crippen molar-refractivity contribution in [3.8, 4) is 0 Å². The summed E-state index contributed by atoms with van der Waals surface area (Å²) in [6.45, 7) is -2.35. The Balaban J connectivity index is 1.84. The van der Waals surface area contributed by atoms with Gasteiger partial charge < -0.3 is 79.9 Å². The minimum absolute atomic E-state index is 0.770. The van der Waals surface area contributed by atoms with Crippen molar-refractivity contribution >= 4 is 0 Å². The first-order valence-electron chi connectivity index (χ1n) is 10.6. The maximum Gasteiger partial charge on any atom is 0.187 e. The molecular formula is C18H32O16. The highest BCUT2D eigenvalue weighted by atomic mass is 16.8. The quantitative estimate of drug-likeness (QED) is 0.154. The predicted molar refractivity (Wildman–Crippen MR) is 101 cm³/mol. The summed E-state index contributed by atoms with van der Waals surface area (Å²) in [4.78, 5) is 0. The van der Waals surface area contributed by atoms with Gasteiger partial charge in [-0.2, -0.15) is 0 Å². The highest BCUT2D eigenvalue weighted by Crippen LogP contribution is 2.32. The molecule has 0 radical (unpaired) electrons. The topological polar surface area (TPSA) is 269 Å². The highest BCUT2D eigenvalue weighted by Gasteiger charge is 2.53. The van der Waals surface area contributed by atoms with E-state index in [1.54, 1.807) is 0 Å². The third kappa shape index (κ3) is 5.37. The van der Waals surface area contributed by atoms with Crippen LogP contribution in [0.3, 0.4) is 0 Å². The standard InChI is InChI=1S/C18H32O16/c19-1-4-7(22)9(24)13(28)17(31-4)34-15-10(25)8(23)5(2-20)32-18(15)33-14-6(3-21)30-16(29)12(27)11(14)26/h4-29H,1-3H2/t4-,5-,6-,7-,8-,9+,10+,11-,12-,13-,14-,15-,16?,17+,18+/m1/s1. The van der Waals surface area contributed by atoms with Crippen LogP contribution < -0.4 is 0 Å². The van der Waals surface area contributed by atoms with Crippen molar-refractivity contribution < 1.29 is 79.9 Å². The first kappa shape index (κ1) is 27.9. The Hall–Kier alpha value is -0.640. The summed E-state index contributed by atoms with van der Waals surface area (Å²) < 4.78 is 26.7. The average molecular weight is 504 g/mol. The molecule has 0 aromatic rings. The lowest BCUT2D eigenvalue weighted by Gasteiger charge is -2.48. The van der Waals surface area contributed by atoms with Crippen molar-refractivity contribution in [3.63, 3.8) is 0 Å². The fourth-order valence-electron chi connectivity index (χ4n) is 4.04. The smallest absolute Gasteiger partial charge is 0.187 e. The Morgan fingerprint density at radius 1 is 0.441 bits per heavy atom. The molecule has 3 fully saturated rings. The van der Waals surface area contributed by atoms with Crippen LogP contribution in [-0.4, -0.2) is 168 Å². The molecule has 3 aliphatic heterocycles. The minimum Gasteiger partial charge on any atom is -0.394 e. The number of ether oxygens (including phenoxy) is 5. The fourth-order valence-corrected chi connectivity index (χ4v) is 4.04. The monoisotopic (exact) mass is 504 g/mol. The third-order valence-corrected chi connectivity index (χ3v) is 6.09. The van der Waals surface area contributed by atoms with Crippen LogP contribution in [0.1, 0.15) is 0 Å². The Morgan fingerprint density at radius 2 is 0.912 bits per heavy atom. The molecule has 1 unspecified atom stereocenters. The maximum atomic E-state index is 10.6. The molecule has 0 spiro atoms. The van der Waals surface area contributed by atoms with Crippen LogP contribution in [0.25, 0.3) is 0 Å². The van der Waals surface area contributed by atoms with E-state index in [1.165, 1.54) is 0 Å². The maximum absolute atomic E-state index is 10.6. The largest absolute Gasteiger partial charge is 0.394 e. The summed E-state index contributed by atoms with van der Waals surface area (Å²) in [6.07, 6.45) is -25.6. The Kier molecular flexibility index (Phi) is 9.54. The van der Waals surface area contributed by atoms with Gasteiger partial charge >= 0.3 is 0 Å². The molecule has 15 atom stereocenters. The molecule has 3 heterocycles. The van der Waals surface area contributed by atoms with Crippen LogP contribution >= 0.6 is 0 Å². The van der Waals surface area contributed by atoms with Gasteiger partial charge in [0, 0.05) is 0 Å². The highest BCUT2D eigenvalue weighted by molar-refractivity contribution is 4.96. The predicted octanol–water partition coefficient (Wildman–Crippen LogP) is -7.57. The van der Waals surface area contributed by atoms with E-state index in [0.29, 0.717) is 0 Å². The second kappa shape index (κ2) is 11.6. The normalized spacial score (nSPS) is 52.5. The molecule has 0 aromatic carbocycles. The second-order valence-corrected chi connectivity index (χ2v) is 8.33. The summed E-state index contributed by atoms with van der Waals surface area (Å²) in [5.74, 6) is 0. The van der Waals surface area contributed by atoms with Gasteiger partial charge in [0.1, 0.15) is 73.2 Å². The van der Waals surface area contributed by atoms with E-state index in [0.717, 1.165) is 0 Å². The molecule has 3 rings (SSSR count). The molecule has 0 aliphatic carbocycles. The first-order valence-corrected chi connectivity index (χ1v) is 10.6. The average Bonchev–Trinajstić information content (AvgIpc) is 2.83. The van der Waals surface area contributed by atoms with E-state index in [2.05, 4.69) is 0 Å². The van der Waals surface area contributed by atoms with Crippen molar-refractivity contribution in [2.75, 3.05) is 19.8 Å². The third-order valence-electron chi connectivity index (χ3n) is 6.09. The Morgan fingerprint density at radius 3 is 1.47 bits per heavy atom. The van der Waals surface area contributed by atoms with Crippen molar-refractivity contribution in [2.45, 2.75) is 92.1 Å². The zero-order valence-corrected chi connectivity index (χ0v) is 17.7. The van der Waals surface area contributed by atoms with Crippen LogP contribution in [-0.2, 0) is 23.7 Å². The lowest BCUT2D eigenvalue weighted by atomic mass is 9.96. The fraction of sp³-hybridized carbons (Fsp3) is 1.00. The number of aliphatic hydroxyl groups excluding tert-OH is 11. The zero-order chi connectivity index (χ0) is 25.3. The van der Waals surface area contributed by atoms with Crippen molar-refractivity contribution in [1.82, 2.24) is 0 Å². The molecule has 3 saturated heterocycles. The molecule has 0 bridgehead atoms. The lowest BCUT2D eigenvalue weighted by molar-refractivity contribution is -0.387. The van der Waals surface area contributed by atoms with E-state index < -0.39 is 112 Å². The molecule has 16 nitrogen and oxygen atoms in total. The molecule has 200 valence electrons. The van der Waals surface area contributed by atoms with E-state index >= 15 is 0 Å². The van der Waals surface area contributed by atoms with Gasteiger partial charge in [0.25, 0.3) is 0 Å². The number of aliphatic hydroxyl groups is 11. The van der Waals surface area contributed by atoms with Gasteiger partial charge in [-0.05, 0) is 0 Å². The molecule has 16 heteroatoms. The van der Waals surface area contributed by atoms with Crippen molar-refractivity contribution in [3.05, 3.63) is 0 Å². The number of hydrogen-bond acceptors (Lipinski definition) is 16. The van der Waals surface area contributed by atoms with Gasteiger partial charge in [-0.1, -0.05) is 0 Å². The van der Waals surface area contributed by atoms with Crippen molar-refractivity contribution in [2.24, 2.45) is 0 Å². The summed E-state index contributed by atoms with van der Waals surface area (Å²) in [5, 5.41) is 109. The Labute approximate surface area is 192 Å². The summed E-state index contributed by atoms with van der Waals surface area (Å²) >= 11 is 0. The van der Waals surface area contributed by atoms with Gasteiger partial charge in [-0.3, -0.25) is 0 Å². The van der Waals surface area contributed by atoms with Gasteiger partial charge in [-0.15, -0.1) is 0 Å². The molecule has 34 heavy (non-hydrogen) atoms. The van der Waals surface area contributed by atoms with Gasteiger partial charge in [-0.25, -0.2) is 0 Å². The minimum atomic E-state index is -1.89. The molecule has 0 aromatic heterocycles. The summed E-state index contributed by atoms with van der Waals surface area (Å²) in [7, 11) is 0. The van der Waals surface area contributed by atoms with Crippen LogP contribution in [0.2, 0.25) is 0 Å². The zero-order valence-electron chi connectivity index (χ0n) is 17.7. The molecular weight excluding hydrogens is 472 g/mol. The molecule has 0 saturated carbocycles. The van der Waals surface area contributed by atoms with E-state index in [1.807, 2.05) is 0 Å². The molecule has 3 aliphatic rings. The Bertz CT molecular complexity index is 637. The van der Waals surface area contributed by atoms with Gasteiger partial charge in [0.05, 0.1) is 19.8 Å². The van der Waals surface area contributed by atoms with Crippen LogP contribution in [0.5, 0.6) is 0 Å². The molecule has 0 amide bonds. The lowest BCUT2D eigenvalue weighted by Crippen LogP contribution is -2.66. The van der Waals surface area contributed by atoms with E-state index in [9.17, 15) is 56.2 Å². The number of rotatable bonds is 7. The molecule has 11 N–H and O–H groups in total. The van der Waals surface area contributed by atoms with E-state index in [4.69, 9.17) is 23.7 Å². The van der Waals surface area contributed by atoms with Crippen molar-refractivity contribution in [1.29, 1.82) is 0 Å². The van der Waals surface area contributed by atoms with Crippen LogP contribution in [0.15, 0.2) is 0 Å². The van der Waals surface area contributed by atoms with Crippen LogP contribution in [0.4, 0.5) is 0 Å².